The van der Waals surface area contributed by atoms with E-state index in [4.69, 9.17) is 20.8 Å². The normalized spacial score (nSPS) is 12.8. The molecule has 3 aromatic rings. The molecule has 0 bridgehead atoms. The summed E-state index contributed by atoms with van der Waals surface area (Å²) in [5, 5.41) is 33.4. The molecule has 0 saturated carbocycles. The standard InChI is InChI=1S/C20H20F2N6O2/c1-11(18-14(21)10-16-13(19(18)22)4-3-7-25-16)20(24)28-17(23)6-5-15(26-28)12(2)27-30-9-8-29/h3-7,10-11,23-24,29H,8-9H2,1-2H3. The van der Waals surface area contributed by atoms with E-state index in [0.717, 1.165) is 10.7 Å². The van der Waals surface area contributed by atoms with Crippen LogP contribution in [0.3, 0.4) is 0 Å². The number of rotatable bonds is 6. The Morgan fingerprint density at radius 1 is 1.33 bits per heavy atom. The van der Waals surface area contributed by atoms with E-state index in [-0.39, 0.29) is 41.0 Å². The maximum Gasteiger partial charge on any atom is 0.148 e. The Morgan fingerprint density at radius 2 is 2.10 bits per heavy atom. The van der Waals surface area contributed by atoms with Crippen LogP contribution in [0.15, 0.2) is 41.7 Å². The van der Waals surface area contributed by atoms with E-state index in [0.29, 0.717) is 11.4 Å². The summed E-state index contributed by atoms with van der Waals surface area (Å²) in [6, 6.07) is 7.08. The average molecular weight is 414 g/mol. The predicted molar refractivity (Wildman–Crippen MR) is 107 cm³/mol. The molecule has 10 heteroatoms. The average Bonchev–Trinajstić information content (AvgIpc) is 2.73. The fourth-order valence-electron chi connectivity index (χ4n) is 2.91. The van der Waals surface area contributed by atoms with Gasteiger partial charge >= 0.3 is 0 Å². The Labute approximate surface area is 170 Å². The van der Waals surface area contributed by atoms with Crippen LogP contribution in [-0.2, 0) is 4.84 Å². The highest BCUT2D eigenvalue weighted by Crippen LogP contribution is 2.29. The lowest BCUT2D eigenvalue weighted by molar-refractivity contribution is 0.0986. The number of oxime groups is 1. The largest absolute Gasteiger partial charge is 0.393 e. The van der Waals surface area contributed by atoms with Crippen molar-refractivity contribution in [3.63, 3.8) is 0 Å². The molecule has 8 nitrogen and oxygen atoms in total. The molecule has 0 amide bonds. The Bertz CT molecular complexity index is 1190. The molecule has 0 aliphatic rings. The molecule has 3 rings (SSSR count). The van der Waals surface area contributed by atoms with Crippen LogP contribution in [0.1, 0.15) is 31.0 Å². The van der Waals surface area contributed by atoms with Gasteiger partial charge in [-0.3, -0.25) is 15.8 Å². The molecule has 1 unspecified atom stereocenters. The SMILES string of the molecule is CC(=NOCCO)c1ccc(=N)n(C(=N)C(C)c2c(F)cc3ncccc3c2F)n1. The molecule has 1 aromatic carbocycles. The van der Waals surface area contributed by atoms with Crippen molar-refractivity contribution in [1.29, 1.82) is 10.8 Å². The number of fused-ring (bicyclic) bond motifs is 1. The minimum atomic E-state index is -1.03. The fraction of sp³-hybridized carbons (Fsp3) is 0.250. The summed E-state index contributed by atoms with van der Waals surface area (Å²) in [7, 11) is 0. The quantitative estimate of drug-likeness (QED) is 0.248. The third-order valence-corrected chi connectivity index (χ3v) is 4.49. The van der Waals surface area contributed by atoms with E-state index in [1.54, 1.807) is 13.0 Å². The molecule has 2 heterocycles. The second kappa shape index (κ2) is 8.87. The van der Waals surface area contributed by atoms with Crippen LogP contribution in [-0.4, -0.2) is 44.6 Å². The highest BCUT2D eigenvalue weighted by molar-refractivity contribution is 5.97. The molecule has 156 valence electrons. The van der Waals surface area contributed by atoms with Gasteiger partial charge in [0.15, 0.2) is 0 Å². The molecule has 0 aliphatic heterocycles. The second-order valence-corrected chi connectivity index (χ2v) is 6.51. The molecule has 3 N–H and O–H groups in total. The van der Waals surface area contributed by atoms with Crippen LogP contribution in [0.5, 0.6) is 0 Å². The Morgan fingerprint density at radius 3 is 2.83 bits per heavy atom. The summed E-state index contributed by atoms with van der Waals surface area (Å²) in [6.45, 7) is 2.89. The van der Waals surface area contributed by atoms with Crippen LogP contribution in [0, 0.1) is 22.5 Å². The molecule has 0 saturated heterocycles. The zero-order valence-corrected chi connectivity index (χ0v) is 16.4. The van der Waals surface area contributed by atoms with Gasteiger partial charge in [0.1, 0.15) is 41.0 Å². The van der Waals surface area contributed by atoms with Crippen molar-refractivity contribution in [3.05, 3.63) is 64.9 Å². The van der Waals surface area contributed by atoms with Gasteiger partial charge in [0.2, 0.25) is 0 Å². The van der Waals surface area contributed by atoms with Crippen LogP contribution in [0.25, 0.3) is 10.9 Å². The van der Waals surface area contributed by atoms with Gasteiger partial charge in [-0.1, -0.05) is 12.1 Å². The number of hydrogen-bond acceptors (Lipinski definition) is 7. The summed E-state index contributed by atoms with van der Waals surface area (Å²) in [4.78, 5) is 8.86. The van der Waals surface area contributed by atoms with Crippen molar-refractivity contribution in [1.82, 2.24) is 14.8 Å². The number of nitrogens with zero attached hydrogens (tertiary/aromatic N) is 4. The molecule has 2 aromatic heterocycles. The van der Waals surface area contributed by atoms with E-state index >= 15 is 4.39 Å². The molecule has 0 aliphatic carbocycles. The van der Waals surface area contributed by atoms with Crippen LogP contribution in [0.4, 0.5) is 8.78 Å². The third-order valence-electron chi connectivity index (χ3n) is 4.49. The molecular weight excluding hydrogens is 394 g/mol. The minimum Gasteiger partial charge on any atom is -0.393 e. The lowest BCUT2D eigenvalue weighted by atomic mass is 9.96. The van der Waals surface area contributed by atoms with Gasteiger partial charge in [-0.15, -0.1) is 0 Å². The van der Waals surface area contributed by atoms with Crippen molar-refractivity contribution < 1.29 is 18.7 Å². The van der Waals surface area contributed by atoms with Crippen LogP contribution >= 0.6 is 0 Å². The smallest absolute Gasteiger partial charge is 0.148 e. The first kappa shape index (κ1) is 21.2. The maximum atomic E-state index is 15.0. The van der Waals surface area contributed by atoms with Gasteiger partial charge in [0, 0.05) is 29.1 Å². The second-order valence-electron chi connectivity index (χ2n) is 6.51. The van der Waals surface area contributed by atoms with Crippen molar-refractivity contribution in [2.24, 2.45) is 5.16 Å². The molecular formula is C20H20F2N6O2. The molecule has 0 fully saturated rings. The first-order chi connectivity index (χ1) is 14.3. The number of pyridine rings is 1. The summed E-state index contributed by atoms with van der Waals surface area (Å²) < 4.78 is 30.7. The molecule has 1 atom stereocenters. The van der Waals surface area contributed by atoms with E-state index in [2.05, 4.69) is 15.2 Å². The third kappa shape index (κ3) is 4.08. The number of benzene rings is 1. The van der Waals surface area contributed by atoms with Gasteiger partial charge in [0.05, 0.1) is 12.1 Å². The lowest BCUT2D eigenvalue weighted by Crippen LogP contribution is -2.33. The first-order valence-corrected chi connectivity index (χ1v) is 9.09. The number of aromatic nitrogens is 3. The topological polar surface area (TPSA) is 120 Å². The highest BCUT2D eigenvalue weighted by Gasteiger charge is 2.24. The summed E-state index contributed by atoms with van der Waals surface area (Å²) in [5.41, 5.74) is 0.411. The van der Waals surface area contributed by atoms with Crippen LogP contribution in [0.2, 0.25) is 0 Å². The van der Waals surface area contributed by atoms with Crippen molar-refractivity contribution in [2.45, 2.75) is 19.8 Å². The van der Waals surface area contributed by atoms with Crippen LogP contribution < -0.4 is 5.49 Å². The number of hydrogen-bond donors (Lipinski definition) is 3. The monoisotopic (exact) mass is 414 g/mol. The van der Waals surface area contributed by atoms with E-state index in [9.17, 15) is 4.39 Å². The number of nitrogens with one attached hydrogen (secondary N) is 2. The van der Waals surface area contributed by atoms with Crippen molar-refractivity contribution >= 4 is 22.5 Å². The van der Waals surface area contributed by atoms with Gasteiger partial charge in [-0.05, 0) is 31.2 Å². The zero-order chi connectivity index (χ0) is 21.8. The van der Waals surface area contributed by atoms with E-state index in [1.165, 1.54) is 31.3 Å². The summed E-state index contributed by atoms with van der Waals surface area (Å²) in [5.74, 6) is -2.94. The summed E-state index contributed by atoms with van der Waals surface area (Å²) in [6.07, 6.45) is 1.44. The fourth-order valence-corrected chi connectivity index (χ4v) is 2.91. The Hall–Kier alpha value is -3.53. The molecule has 30 heavy (non-hydrogen) atoms. The van der Waals surface area contributed by atoms with E-state index in [1.807, 2.05) is 0 Å². The predicted octanol–water partition coefficient (Wildman–Crippen LogP) is 2.55. The van der Waals surface area contributed by atoms with Gasteiger partial charge in [-0.2, -0.15) is 5.10 Å². The number of aliphatic hydroxyl groups excluding tert-OH is 1. The Kier molecular flexibility index (Phi) is 6.26. The van der Waals surface area contributed by atoms with Crippen molar-refractivity contribution in [2.75, 3.05) is 13.2 Å². The first-order valence-electron chi connectivity index (χ1n) is 9.09. The van der Waals surface area contributed by atoms with E-state index < -0.39 is 17.6 Å². The molecule has 0 spiro atoms. The number of aliphatic hydroxyl groups is 1. The zero-order valence-electron chi connectivity index (χ0n) is 16.4. The van der Waals surface area contributed by atoms with Gasteiger partial charge < -0.3 is 9.94 Å². The van der Waals surface area contributed by atoms with Gasteiger partial charge in [-0.25, -0.2) is 13.5 Å². The maximum absolute atomic E-state index is 15.0. The molecule has 0 radical (unpaired) electrons. The summed E-state index contributed by atoms with van der Waals surface area (Å²) >= 11 is 0. The van der Waals surface area contributed by atoms with Crippen molar-refractivity contribution in [3.8, 4) is 0 Å². The van der Waals surface area contributed by atoms with Gasteiger partial charge in [0.25, 0.3) is 0 Å². The lowest BCUT2D eigenvalue weighted by Gasteiger charge is -2.18. The minimum absolute atomic E-state index is 0.0100. The number of halogens is 2. The Balaban J connectivity index is 2.01. The highest BCUT2D eigenvalue weighted by atomic mass is 19.1.